The number of aromatic nitrogens is 4. The van der Waals surface area contributed by atoms with Crippen LogP contribution in [0.2, 0.25) is 0 Å². The summed E-state index contributed by atoms with van der Waals surface area (Å²) in [5.41, 5.74) is -2.56. The molecule has 12 nitrogen and oxygen atoms in total. The molecular weight excluding hydrogens is 520 g/mol. The van der Waals surface area contributed by atoms with Crippen molar-refractivity contribution in [2.75, 3.05) is 0 Å². The topological polar surface area (TPSA) is 158 Å². The summed E-state index contributed by atoms with van der Waals surface area (Å²) in [4.78, 5) is 51.2. The fraction of sp³-hybridized carbons (Fsp3) is 0.571. The molecule has 2 unspecified atom stereocenters. The number of ether oxygens (including phenoxy) is 3. The number of aryl methyl sites for hydroxylation is 2. The van der Waals surface area contributed by atoms with Crippen LogP contribution >= 0.6 is 0 Å². The van der Waals surface area contributed by atoms with Crippen LogP contribution in [0.25, 0.3) is 0 Å². The highest BCUT2D eigenvalue weighted by atomic mass is 16.6. The first-order valence-corrected chi connectivity index (χ1v) is 13.3. The van der Waals surface area contributed by atoms with Crippen molar-refractivity contribution in [1.29, 1.82) is 0 Å². The highest BCUT2D eigenvalue weighted by Gasteiger charge is 2.62. The molecule has 0 spiro atoms. The van der Waals surface area contributed by atoms with Crippen molar-refractivity contribution in [3.8, 4) is 12.3 Å². The zero-order valence-electron chi connectivity index (χ0n) is 23.5. The lowest BCUT2D eigenvalue weighted by Gasteiger charge is -2.32. The predicted octanol–water partition coefficient (Wildman–Crippen LogP) is 1.22. The molecule has 3 fully saturated rings. The molecule has 0 radical (unpaired) electrons. The molecule has 0 aliphatic carbocycles. The second-order valence-corrected chi connectivity index (χ2v) is 10.7. The number of nitrogens with zero attached hydrogens (tertiary/aromatic N) is 2. The standard InChI is InChI=1S/2C14H18N2O4/c1-5-14-8(3)10(19-9(14)4)12(20-14)16-6-7(2)11(17)15-13(16)18;1-5-14(6-2)9(4)10(17)12(20-14)16-7-8(3)11(18)15-13(16)19/h6,8,10,12H,4-5H2,1-3H3,(H,15,17,18);1,7,9-10,12,17H,6H2,2-4H3,(H,15,18,19)/t8?,10-,12+,14+;9?,10-,12+,14+/m00/s1. The number of terminal acetylenes is 1. The number of H-pyrrole nitrogens is 2. The molecule has 8 atom stereocenters. The monoisotopic (exact) mass is 556 g/mol. The highest BCUT2D eigenvalue weighted by molar-refractivity contribution is 5.21. The molecule has 0 amide bonds. The summed E-state index contributed by atoms with van der Waals surface area (Å²) in [5, 5.41) is 10.3. The van der Waals surface area contributed by atoms with Crippen LogP contribution in [0.3, 0.4) is 0 Å². The van der Waals surface area contributed by atoms with E-state index in [4.69, 9.17) is 20.6 Å². The largest absolute Gasteiger partial charge is 0.487 e. The van der Waals surface area contributed by atoms with Crippen molar-refractivity contribution in [3.63, 3.8) is 0 Å². The Labute approximate surface area is 230 Å². The van der Waals surface area contributed by atoms with Crippen molar-refractivity contribution in [2.45, 2.75) is 90.2 Å². The predicted molar refractivity (Wildman–Crippen MR) is 146 cm³/mol. The van der Waals surface area contributed by atoms with E-state index in [1.807, 2.05) is 20.8 Å². The summed E-state index contributed by atoms with van der Waals surface area (Å²) in [6.45, 7) is 14.9. The number of aromatic amines is 2. The van der Waals surface area contributed by atoms with Crippen molar-refractivity contribution < 1.29 is 19.3 Å². The Balaban J connectivity index is 0.000000185. The van der Waals surface area contributed by atoms with E-state index < -0.39 is 46.7 Å². The Bertz CT molecular complexity index is 1600. The first-order valence-electron chi connectivity index (χ1n) is 13.3. The van der Waals surface area contributed by atoms with Crippen molar-refractivity contribution in [2.24, 2.45) is 11.8 Å². The van der Waals surface area contributed by atoms with Crippen LogP contribution in [0.15, 0.2) is 43.9 Å². The number of hydrogen-bond donors (Lipinski definition) is 3. The molecule has 216 valence electrons. The number of hydrogen-bond acceptors (Lipinski definition) is 8. The van der Waals surface area contributed by atoms with Crippen LogP contribution in [0.5, 0.6) is 0 Å². The zero-order chi connectivity index (χ0) is 29.7. The molecule has 2 aromatic heterocycles. The van der Waals surface area contributed by atoms with Gasteiger partial charge < -0.3 is 19.3 Å². The Morgan fingerprint density at radius 3 is 1.90 bits per heavy atom. The normalized spacial score (nSPS) is 34.2. The fourth-order valence-corrected chi connectivity index (χ4v) is 5.82. The minimum Gasteiger partial charge on any atom is -0.487 e. The van der Waals surface area contributed by atoms with E-state index in [1.54, 1.807) is 20.8 Å². The molecule has 3 saturated heterocycles. The second-order valence-electron chi connectivity index (χ2n) is 10.7. The second kappa shape index (κ2) is 10.4. The molecular formula is C28H36N4O8. The molecule has 3 N–H and O–H groups in total. The van der Waals surface area contributed by atoms with Gasteiger partial charge in [-0.05, 0) is 26.7 Å². The Morgan fingerprint density at radius 1 is 0.950 bits per heavy atom. The molecule has 40 heavy (non-hydrogen) atoms. The Hall–Kier alpha value is -3.66. The van der Waals surface area contributed by atoms with Gasteiger partial charge >= 0.3 is 11.4 Å². The van der Waals surface area contributed by atoms with E-state index in [0.29, 0.717) is 23.3 Å². The summed E-state index contributed by atoms with van der Waals surface area (Å²) in [6.07, 6.45) is 7.08. The van der Waals surface area contributed by atoms with Crippen molar-refractivity contribution in [1.82, 2.24) is 19.1 Å². The SMILES string of the molecule is C#C[C@]1(CC)O[C@@H](n2cc(C)c(=O)[nH]c2=O)[C@@H](O)C1C.C=C1O[C@H]2C(C)[C@@]1(CC)O[C@H]2n1cc(C)c(=O)[nH]c1=O. The van der Waals surface area contributed by atoms with Gasteiger partial charge in [0.05, 0.1) is 0 Å². The lowest BCUT2D eigenvalue weighted by atomic mass is 9.85. The maximum absolute atomic E-state index is 12.0. The number of aliphatic hydroxyl groups is 1. The van der Waals surface area contributed by atoms with E-state index >= 15 is 0 Å². The van der Waals surface area contributed by atoms with Gasteiger partial charge in [0.25, 0.3) is 11.1 Å². The van der Waals surface area contributed by atoms with Gasteiger partial charge in [0, 0.05) is 35.4 Å². The third kappa shape index (κ3) is 4.38. The van der Waals surface area contributed by atoms with Gasteiger partial charge in [0.1, 0.15) is 29.2 Å². The summed E-state index contributed by atoms with van der Waals surface area (Å²) < 4.78 is 20.3. The van der Waals surface area contributed by atoms with E-state index in [9.17, 15) is 24.3 Å². The number of rotatable bonds is 4. The summed E-state index contributed by atoms with van der Waals surface area (Å²) in [7, 11) is 0. The molecule has 0 saturated carbocycles. The first kappa shape index (κ1) is 29.3. The van der Waals surface area contributed by atoms with Gasteiger partial charge in [-0.1, -0.05) is 40.2 Å². The van der Waals surface area contributed by atoms with Crippen molar-refractivity contribution >= 4 is 0 Å². The van der Waals surface area contributed by atoms with Crippen LogP contribution in [-0.4, -0.2) is 47.6 Å². The Kier molecular flexibility index (Phi) is 7.62. The fourth-order valence-electron chi connectivity index (χ4n) is 5.82. The molecule has 0 aromatic carbocycles. The maximum Gasteiger partial charge on any atom is 0.330 e. The Morgan fingerprint density at radius 2 is 1.48 bits per heavy atom. The quantitative estimate of drug-likeness (QED) is 0.475. The van der Waals surface area contributed by atoms with Crippen LogP contribution in [0, 0.1) is 38.0 Å². The molecule has 3 aliphatic heterocycles. The number of nitrogens with one attached hydrogen (secondary N) is 2. The molecule has 3 aliphatic rings. The summed E-state index contributed by atoms with van der Waals surface area (Å²) in [6, 6.07) is 0. The minimum absolute atomic E-state index is 0.115. The van der Waals surface area contributed by atoms with E-state index in [-0.39, 0.29) is 23.5 Å². The average Bonchev–Trinajstić information content (AvgIpc) is 3.45. The van der Waals surface area contributed by atoms with Gasteiger partial charge in [-0.3, -0.25) is 28.7 Å². The molecule has 5 heterocycles. The zero-order valence-corrected chi connectivity index (χ0v) is 23.5. The molecule has 2 bridgehead atoms. The number of aliphatic hydroxyl groups excluding tert-OH is 1. The molecule has 2 aromatic rings. The van der Waals surface area contributed by atoms with Gasteiger partial charge in [0.15, 0.2) is 12.5 Å². The third-order valence-corrected chi connectivity index (χ3v) is 8.60. The number of fused-ring (bicyclic) bond motifs is 2. The van der Waals surface area contributed by atoms with E-state index in [1.165, 1.54) is 21.5 Å². The van der Waals surface area contributed by atoms with Gasteiger partial charge in [0.2, 0.25) is 0 Å². The molecule has 5 rings (SSSR count). The lowest BCUT2D eigenvalue weighted by Crippen LogP contribution is -2.40. The van der Waals surface area contributed by atoms with Gasteiger partial charge in [-0.25, -0.2) is 9.59 Å². The first-order chi connectivity index (χ1) is 18.8. The summed E-state index contributed by atoms with van der Waals surface area (Å²) >= 11 is 0. The smallest absolute Gasteiger partial charge is 0.330 e. The average molecular weight is 557 g/mol. The summed E-state index contributed by atoms with van der Waals surface area (Å²) in [5.74, 6) is 3.01. The van der Waals surface area contributed by atoms with Crippen LogP contribution in [-0.2, 0) is 14.2 Å². The van der Waals surface area contributed by atoms with Crippen molar-refractivity contribution in [3.05, 3.63) is 77.5 Å². The van der Waals surface area contributed by atoms with E-state index in [2.05, 4.69) is 22.5 Å². The highest BCUT2D eigenvalue weighted by Crippen LogP contribution is 2.55. The lowest BCUT2D eigenvalue weighted by molar-refractivity contribution is -0.139. The minimum atomic E-state index is -0.922. The van der Waals surface area contributed by atoms with Crippen LogP contribution < -0.4 is 22.5 Å². The van der Waals surface area contributed by atoms with Crippen LogP contribution in [0.1, 0.15) is 64.1 Å². The molecule has 12 heteroatoms. The van der Waals surface area contributed by atoms with Gasteiger partial charge in [-0.2, -0.15) is 0 Å². The van der Waals surface area contributed by atoms with Crippen LogP contribution in [0.4, 0.5) is 0 Å². The maximum atomic E-state index is 12.0. The third-order valence-electron chi connectivity index (χ3n) is 8.60. The van der Waals surface area contributed by atoms with E-state index in [0.717, 1.165) is 6.42 Å². The van der Waals surface area contributed by atoms with Gasteiger partial charge in [-0.15, -0.1) is 6.42 Å².